The highest BCUT2D eigenvalue weighted by atomic mass is 35.5. The Bertz CT molecular complexity index is 1130. The molecule has 2 N–H and O–H groups in total. The Morgan fingerprint density at radius 2 is 2.07 bits per heavy atom. The van der Waals surface area contributed by atoms with Gasteiger partial charge in [0.1, 0.15) is 18.1 Å². The highest BCUT2D eigenvalue weighted by Gasteiger charge is 2.27. The Labute approximate surface area is 177 Å². The van der Waals surface area contributed by atoms with Crippen LogP contribution in [0.15, 0.2) is 42.5 Å². The summed E-state index contributed by atoms with van der Waals surface area (Å²) in [5.41, 5.74) is 2.46. The number of benzene rings is 2. The zero-order chi connectivity index (χ0) is 21.3. The van der Waals surface area contributed by atoms with Crippen LogP contribution in [-0.4, -0.2) is 34.2 Å². The molecular formula is C22H20ClFN2O4. The molecule has 4 rings (SSSR count). The van der Waals surface area contributed by atoms with E-state index in [2.05, 4.69) is 5.32 Å². The number of aliphatic carboxylic acids is 1. The lowest BCUT2D eigenvalue weighted by atomic mass is 9.91. The number of para-hydroxylation sites is 1. The van der Waals surface area contributed by atoms with E-state index in [1.807, 2.05) is 0 Å². The summed E-state index contributed by atoms with van der Waals surface area (Å²) in [6, 6.07) is 11.1. The number of carboxylic acid groups (broad SMARTS) is 1. The Hall–Kier alpha value is -3.06. The maximum atomic E-state index is 13.9. The number of carbonyl (C=O) groups excluding carboxylic acids is 1. The van der Waals surface area contributed by atoms with E-state index >= 15 is 0 Å². The molecule has 8 heteroatoms. The molecule has 156 valence electrons. The number of hydrogen-bond donors (Lipinski definition) is 2. The highest BCUT2D eigenvalue weighted by Crippen LogP contribution is 2.33. The highest BCUT2D eigenvalue weighted by molar-refractivity contribution is 6.32. The van der Waals surface area contributed by atoms with E-state index in [0.717, 1.165) is 11.3 Å². The van der Waals surface area contributed by atoms with Crippen LogP contribution in [0.1, 0.15) is 17.7 Å². The summed E-state index contributed by atoms with van der Waals surface area (Å²) in [6.07, 6.45) is 1.75. The van der Waals surface area contributed by atoms with Crippen LogP contribution in [-0.2, 0) is 29.0 Å². The largest absolute Gasteiger partial charge is 0.482 e. The summed E-state index contributed by atoms with van der Waals surface area (Å²) < 4.78 is 21.1. The van der Waals surface area contributed by atoms with Gasteiger partial charge >= 0.3 is 5.97 Å². The van der Waals surface area contributed by atoms with E-state index in [9.17, 15) is 19.1 Å². The first-order valence-corrected chi connectivity index (χ1v) is 9.98. The Kier molecular flexibility index (Phi) is 5.63. The van der Waals surface area contributed by atoms with Gasteiger partial charge in [-0.05, 0) is 55.2 Å². The van der Waals surface area contributed by atoms with Crippen LogP contribution in [0.3, 0.4) is 0 Å². The monoisotopic (exact) mass is 430 g/mol. The minimum Gasteiger partial charge on any atom is -0.482 e. The van der Waals surface area contributed by atoms with Gasteiger partial charge in [0.05, 0.1) is 5.02 Å². The number of amides is 1. The second-order valence-electron chi connectivity index (χ2n) is 7.29. The van der Waals surface area contributed by atoms with Gasteiger partial charge in [-0.15, -0.1) is 0 Å². The fraction of sp³-hybridized carbons (Fsp3) is 0.273. The van der Waals surface area contributed by atoms with Gasteiger partial charge < -0.3 is 19.7 Å². The number of aromatic nitrogens is 1. The van der Waals surface area contributed by atoms with Gasteiger partial charge in [0.15, 0.2) is 6.61 Å². The molecule has 30 heavy (non-hydrogen) atoms. The number of carboxylic acids is 1. The number of hydrogen-bond acceptors (Lipinski definition) is 3. The van der Waals surface area contributed by atoms with Crippen molar-refractivity contribution in [2.24, 2.45) is 0 Å². The van der Waals surface area contributed by atoms with Crippen molar-refractivity contribution in [2.75, 3.05) is 6.61 Å². The number of fused-ring (bicyclic) bond motifs is 3. The predicted octanol–water partition coefficient (Wildman–Crippen LogP) is 3.57. The number of ether oxygens (including phenoxy) is 1. The fourth-order valence-electron chi connectivity index (χ4n) is 4.04. The summed E-state index contributed by atoms with van der Waals surface area (Å²) in [6.45, 7) is -0.345. The first-order valence-electron chi connectivity index (χ1n) is 9.60. The van der Waals surface area contributed by atoms with E-state index < -0.39 is 5.97 Å². The van der Waals surface area contributed by atoms with Crippen LogP contribution < -0.4 is 10.1 Å². The summed E-state index contributed by atoms with van der Waals surface area (Å²) >= 11 is 6.03. The Morgan fingerprint density at radius 3 is 2.83 bits per heavy atom. The average Bonchev–Trinajstić information content (AvgIpc) is 2.99. The standard InChI is InChI=1S/C22H20ClFN2O4/c23-17-3-1-2-4-20(17)30-12-21(27)25-14-6-8-19-16(10-14)15-9-13(24)5-7-18(15)26(19)11-22(28)29/h1-5,7,9,14H,6,8,10-12H2,(H,25,27)(H,28,29)/t14-/m1/s1. The van der Waals surface area contributed by atoms with Crippen molar-refractivity contribution in [1.82, 2.24) is 9.88 Å². The average molecular weight is 431 g/mol. The molecule has 0 radical (unpaired) electrons. The van der Waals surface area contributed by atoms with E-state index in [0.29, 0.717) is 40.9 Å². The van der Waals surface area contributed by atoms with E-state index in [-0.39, 0.29) is 30.9 Å². The summed E-state index contributed by atoms with van der Waals surface area (Å²) in [7, 11) is 0. The molecule has 0 spiro atoms. The molecule has 1 aliphatic carbocycles. The van der Waals surface area contributed by atoms with Crippen molar-refractivity contribution in [3.63, 3.8) is 0 Å². The molecular weight excluding hydrogens is 411 g/mol. The van der Waals surface area contributed by atoms with Crippen molar-refractivity contribution in [1.29, 1.82) is 0 Å². The fourth-order valence-corrected chi connectivity index (χ4v) is 4.23. The molecule has 1 aromatic heterocycles. The summed E-state index contributed by atoms with van der Waals surface area (Å²) in [5.74, 6) is -1.17. The molecule has 0 aliphatic heterocycles. The van der Waals surface area contributed by atoms with Gasteiger partial charge in [-0.3, -0.25) is 9.59 Å². The minimum absolute atomic E-state index is 0.146. The number of halogens is 2. The molecule has 1 atom stereocenters. The second kappa shape index (κ2) is 8.36. The summed E-state index contributed by atoms with van der Waals surface area (Å²) in [5, 5.41) is 13.3. The second-order valence-corrected chi connectivity index (χ2v) is 7.70. The molecule has 0 saturated heterocycles. The molecule has 2 aromatic carbocycles. The molecule has 6 nitrogen and oxygen atoms in total. The molecule has 1 amide bonds. The number of nitrogens with one attached hydrogen (secondary N) is 1. The molecule has 1 heterocycles. The lowest BCUT2D eigenvalue weighted by Gasteiger charge is -2.25. The smallest absolute Gasteiger partial charge is 0.323 e. The van der Waals surface area contributed by atoms with Crippen molar-refractivity contribution in [2.45, 2.75) is 31.8 Å². The molecule has 0 bridgehead atoms. The van der Waals surface area contributed by atoms with Crippen LogP contribution in [0, 0.1) is 5.82 Å². The predicted molar refractivity (Wildman–Crippen MR) is 110 cm³/mol. The van der Waals surface area contributed by atoms with Crippen molar-refractivity contribution in [3.8, 4) is 5.75 Å². The maximum absolute atomic E-state index is 13.9. The maximum Gasteiger partial charge on any atom is 0.323 e. The Balaban J connectivity index is 1.50. The van der Waals surface area contributed by atoms with E-state index in [1.54, 1.807) is 34.9 Å². The van der Waals surface area contributed by atoms with Gasteiger partial charge in [-0.2, -0.15) is 0 Å². The third kappa shape index (κ3) is 4.11. The van der Waals surface area contributed by atoms with Crippen molar-refractivity contribution >= 4 is 34.4 Å². The zero-order valence-corrected chi connectivity index (χ0v) is 16.8. The van der Waals surface area contributed by atoms with Crippen molar-refractivity contribution in [3.05, 3.63) is 64.6 Å². The SMILES string of the molecule is O=C(O)Cn1c2c(c3cc(F)ccc31)C[C@H](NC(=O)COc1ccccc1Cl)CC2. The van der Waals surface area contributed by atoms with Crippen LogP contribution >= 0.6 is 11.6 Å². The molecule has 0 fully saturated rings. The zero-order valence-electron chi connectivity index (χ0n) is 16.0. The Morgan fingerprint density at radius 1 is 1.27 bits per heavy atom. The van der Waals surface area contributed by atoms with E-state index in [1.165, 1.54) is 12.1 Å². The third-order valence-corrected chi connectivity index (χ3v) is 5.59. The number of carbonyl (C=O) groups is 2. The molecule has 1 aliphatic rings. The quantitative estimate of drug-likeness (QED) is 0.626. The van der Waals surface area contributed by atoms with Gasteiger partial charge in [0.2, 0.25) is 0 Å². The molecule has 0 saturated carbocycles. The van der Waals surface area contributed by atoms with Gasteiger partial charge in [0, 0.05) is 22.6 Å². The normalized spacial score (nSPS) is 15.6. The first kappa shape index (κ1) is 20.2. The van der Waals surface area contributed by atoms with Gasteiger partial charge in [-0.1, -0.05) is 23.7 Å². The van der Waals surface area contributed by atoms with Crippen LogP contribution in [0.4, 0.5) is 4.39 Å². The summed E-state index contributed by atoms with van der Waals surface area (Å²) in [4.78, 5) is 23.7. The lowest BCUT2D eigenvalue weighted by molar-refractivity contribution is -0.137. The molecule has 0 unspecified atom stereocenters. The topological polar surface area (TPSA) is 80.6 Å². The lowest BCUT2D eigenvalue weighted by Crippen LogP contribution is -2.41. The van der Waals surface area contributed by atoms with Gasteiger partial charge in [0.25, 0.3) is 5.91 Å². The molecule has 3 aromatic rings. The minimum atomic E-state index is -0.953. The van der Waals surface area contributed by atoms with Crippen molar-refractivity contribution < 1.29 is 23.8 Å². The third-order valence-electron chi connectivity index (χ3n) is 5.28. The number of rotatable bonds is 6. The van der Waals surface area contributed by atoms with Crippen LogP contribution in [0.5, 0.6) is 5.75 Å². The van der Waals surface area contributed by atoms with Gasteiger partial charge in [-0.25, -0.2) is 4.39 Å². The van der Waals surface area contributed by atoms with Crippen LogP contribution in [0.25, 0.3) is 10.9 Å². The number of nitrogens with zero attached hydrogens (tertiary/aromatic N) is 1. The van der Waals surface area contributed by atoms with Crippen LogP contribution in [0.2, 0.25) is 5.02 Å². The first-order chi connectivity index (χ1) is 14.4. The van der Waals surface area contributed by atoms with E-state index in [4.69, 9.17) is 16.3 Å².